The summed E-state index contributed by atoms with van der Waals surface area (Å²) < 4.78 is 7.62. The van der Waals surface area contributed by atoms with Crippen molar-refractivity contribution < 1.29 is 9.53 Å². The van der Waals surface area contributed by atoms with Gasteiger partial charge in [0.15, 0.2) is 0 Å². The molecule has 1 fully saturated rings. The molecule has 0 radical (unpaired) electrons. The van der Waals surface area contributed by atoms with Crippen molar-refractivity contribution in [2.45, 2.75) is 18.8 Å². The lowest BCUT2D eigenvalue weighted by atomic mass is 9.81. The van der Waals surface area contributed by atoms with E-state index in [4.69, 9.17) is 9.72 Å². The summed E-state index contributed by atoms with van der Waals surface area (Å²) in [6.07, 6.45) is 2.80. The molecular formula is C20H21N3O2. The first-order chi connectivity index (χ1) is 12.0. The van der Waals surface area contributed by atoms with Crippen LogP contribution in [0.5, 0.6) is 5.88 Å². The Bertz CT molecular complexity index is 976. The molecule has 1 atom stereocenters. The van der Waals surface area contributed by atoms with Crippen molar-refractivity contribution in [3.05, 3.63) is 48.2 Å². The number of aromatic nitrogens is 2. The molecule has 5 heteroatoms. The number of ether oxygens (including phenoxy) is 1. The van der Waals surface area contributed by atoms with Gasteiger partial charge in [0.25, 0.3) is 0 Å². The van der Waals surface area contributed by atoms with Crippen molar-refractivity contribution in [1.82, 2.24) is 14.9 Å². The fraction of sp³-hybridized carbons (Fsp3) is 0.300. The number of rotatable bonds is 3. The van der Waals surface area contributed by atoms with Crippen molar-refractivity contribution in [2.24, 2.45) is 7.05 Å². The second-order valence-corrected chi connectivity index (χ2v) is 6.79. The van der Waals surface area contributed by atoms with Crippen molar-refractivity contribution in [2.75, 3.05) is 13.7 Å². The fourth-order valence-corrected chi connectivity index (χ4v) is 3.61. The van der Waals surface area contributed by atoms with Gasteiger partial charge in [-0.15, -0.1) is 0 Å². The number of amides is 1. The van der Waals surface area contributed by atoms with Crippen LogP contribution < -0.4 is 10.1 Å². The highest BCUT2D eigenvalue weighted by atomic mass is 16.5. The van der Waals surface area contributed by atoms with E-state index in [1.54, 1.807) is 7.11 Å². The molecule has 0 spiro atoms. The van der Waals surface area contributed by atoms with Gasteiger partial charge in [0.05, 0.1) is 18.2 Å². The average molecular weight is 335 g/mol. The molecule has 0 bridgehead atoms. The van der Waals surface area contributed by atoms with Crippen molar-refractivity contribution >= 4 is 16.8 Å². The van der Waals surface area contributed by atoms with Gasteiger partial charge in [0, 0.05) is 41.8 Å². The fourth-order valence-electron chi connectivity index (χ4n) is 3.61. The van der Waals surface area contributed by atoms with Gasteiger partial charge >= 0.3 is 0 Å². The average Bonchev–Trinajstić information content (AvgIpc) is 3.17. The predicted molar refractivity (Wildman–Crippen MR) is 97.7 cm³/mol. The molecule has 1 N–H and O–H groups in total. The first kappa shape index (κ1) is 15.7. The summed E-state index contributed by atoms with van der Waals surface area (Å²) in [7, 11) is 3.64. The van der Waals surface area contributed by atoms with Crippen LogP contribution in [0.2, 0.25) is 0 Å². The SMILES string of the molecule is COc1nc(-c2ccc3c(ccn3C)c2)ccc1C1(C)CCNC1=O. The summed E-state index contributed by atoms with van der Waals surface area (Å²) in [4.78, 5) is 17.0. The Hall–Kier alpha value is -2.82. The molecule has 128 valence electrons. The van der Waals surface area contributed by atoms with E-state index in [0.717, 1.165) is 23.2 Å². The minimum atomic E-state index is -0.583. The van der Waals surface area contributed by atoms with Gasteiger partial charge in [-0.3, -0.25) is 4.79 Å². The number of hydrogen-bond donors (Lipinski definition) is 1. The Kier molecular flexibility index (Phi) is 3.53. The van der Waals surface area contributed by atoms with Crippen LogP contribution >= 0.6 is 0 Å². The summed E-state index contributed by atoms with van der Waals surface area (Å²) in [6, 6.07) is 12.3. The molecule has 4 rings (SSSR count). The number of pyridine rings is 1. The second-order valence-electron chi connectivity index (χ2n) is 6.79. The summed E-state index contributed by atoms with van der Waals surface area (Å²) >= 11 is 0. The van der Waals surface area contributed by atoms with Crippen LogP contribution in [0, 0.1) is 0 Å². The molecule has 3 aromatic rings. The van der Waals surface area contributed by atoms with Gasteiger partial charge in [0.2, 0.25) is 11.8 Å². The van der Waals surface area contributed by atoms with Crippen molar-refractivity contribution in [1.29, 1.82) is 0 Å². The highest BCUT2D eigenvalue weighted by Gasteiger charge is 2.41. The van der Waals surface area contributed by atoms with Gasteiger partial charge in [-0.25, -0.2) is 4.98 Å². The molecule has 0 saturated carbocycles. The Balaban J connectivity index is 1.79. The van der Waals surface area contributed by atoms with Crippen LogP contribution in [0.4, 0.5) is 0 Å². The van der Waals surface area contributed by atoms with Crippen molar-refractivity contribution in [3.63, 3.8) is 0 Å². The van der Waals surface area contributed by atoms with Gasteiger partial charge in [0.1, 0.15) is 0 Å². The number of nitrogens with zero attached hydrogens (tertiary/aromatic N) is 2. The number of aryl methyl sites for hydroxylation is 1. The monoisotopic (exact) mass is 335 g/mol. The molecule has 5 nitrogen and oxygen atoms in total. The van der Waals surface area contributed by atoms with E-state index >= 15 is 0 Å². The lowest BCUT2D eigenvalue weighted by molar-refractivity contribution is -0.123. The normalized spacial score (nSPS) is 20.0. The van der Waals surface area contributed by atoms with E-state index in [1.165, 1.54) is 10.9 Å². The Labute approximate surface area is 146 Å². The summed E-state index contributed by atoms with van der Waals surface area (Å²) in [6.45, 7) is 2.63. The molecule has 1 amide bonds. The summed E-state index contributed by atoms with van der Waals surface area (Å²) in [5, 5.41) is 4.08. The zero-order valence-corrected chi connectivity index (χ0v) is 14.7. The third kappa shape index (κ3) is 2.38. The maximum absolute atomic E-state index is 12.3. The van der Waals surface area contributed by atoms with Gasteiger partial charge in [-0.1, -0.05) is 12.1 Å². The van der Waals surface area contributed by atoms with Crippen LogP contribution in [0.15, 0.2) is 42.6 Å². The van der Waals surface area contributed by atoms with Crippen LogP contribution in [0.25, 0.3) is 22.2 Å². The zero-order chi connectivity index (χ0) is 17.6. The number of nitrogens with one attached hydrogen (secondary N) is 1. The molecule has 1 aliphatic rings. The number of fused-ring (bicyclic) bond motifs is 1. The van der Waals surface area contributed by atoms with Crippen LogP contribution in [0.3, 0.4) is 0 Å². The topological polar surface area (TPSA) is 56.1 Å². The van der Waals surface area contributed by atoms with Crippen LogP contribution in [-0.2, 0) is 17.3 Å². The highest BCUT2D eigenvalue weighted by molar-refractivity contribution is 5.90. The van der Waals surface area contributed by atoms with E-state index < -0.39 is 5.41 Å². The second kappa shape index (κ2) is 5.62. The van der Waals surface area contributed by atoms with Gasteiger partial charge in [-0.05, 0) is 37.6 Å². The lowest BCUT2D eigenvalue weighted by Crippen LogP contribution is -2.32. The van der Waals surface area contributed by atoms with Crippen LogP contribution in [-0.4, -0.2) is 29.1 Å². The number of carbonyl (C=O) groups is 1. The van der Waals surface area contributed by atoms with E-state index in [1.807, 2.05) is 32.3 Å². The molecule has 0 aliphatic carbocycles. The van der Waals surface area contributed by atoms with Crippen LogP contribution in [0.1, 0.15) is 18.9 Å². The number of carbonyl (C=O) groups excluding carboxylic acids is 1. The minimum absolute atomic E-state index is 0.0334. The Morgan fingerprint density at radius 3 is 2.80 bits per heavy atom. The maximum Gasteiger partial charge on any atom is 0.230 e. The Morgan fingerprint density at radius 1 is 1.24 bits per heavy atom. The molecule has 1 saturated heterocycles. The van der Waals surface area contributed by atoms with E-state index in [9.17, 15) is 4.79 Å². The summed E-state index contributed by atoms with van der Waals surface area (Å²) in [5.74, 6) is 0.552. The first-order valence-corrected chi connectivity index (χ1v) is 8.42. The van der Waals surface area contributed by atoms with Gasteiger partial charge < -0.3 is 14.6 Å². The smallest absolute Gasteiger partial charge is 0.230 e. The molecule has 1 unspecified atom stereocenters. The number of methoxy groups -OCH3 is 1. The number of hydrogen-bond acceptors (Lipinski definition) is 3. The lowest BCUT2D eigenvalue weighted by Gasteiger charge is -2.23. The predicted octanol–water partition coefficient (Wildman–Crippen LogP) is 3.03. The van der Waals surface area contributed by atoms with Gasteiger partial charge in [-0.2, -0.15) is 0 Å². The van der Waals surface area contributed by atoms with E-state index in [-0.39, 0.29) is 5.91 Å². The minimum Gasteiger partial charge on any atom is -0.481 e. The maximum atomic E-state index is 12.3. The molecule has 2 aromatic heterocycles. The Morgan fingerprint density at radius 2 is 2.08 bits per heavy atom. The third-order valence-corrected chi connectivity index (χ3v) is 5.24. The molecular weight excluding hydrogens is 314 g/mol. The quantitative estimate of drug-likeness (QED) is 0.800. The van der Waals surface area contributed by atoms with Crippen molar-refractivity contribution in [3.8, 4) is 17.1 Å². The van der Waals surface area contributed by atoms with E-state index in [0.29, 0.717) is 12.4 Å². The largest absolute Gasteiger partial charge is 0.481 e. The molecule has 1 aromatic carbocycles. The molecule has 3 heterocycles. The highest BCUT2D eigenvalue weighted by Crippen LogP contribution is 2.37. The molecule has 1 aliphatic heterocycles. The van der Waals surface area contributed by atoms with E-state index in [2.05, 4.69) is 34.1 Å². The summed E-state index contributed by atoms with van der Waals surface area (Å²) in [5.41, 5.74) is 3.32. The third-order valence-electron chi connectivity index (χ3n) is 5.24. The molecule has 25 heavy (non-hydrogen) atoms. The standard InChI is InChI=1S/C20H21N3O2/c1-20(9-10-21-19(20)24)15-5-6-16(22-18(15)25-3)13-4-7-17-14(12-13)8-11-23(17)2/h4-8,11-12H,9-10H2,1-3H3,(H,21,24). The number of benzene rings is 1. The zero-order valence-electron chi connectivity index (χ0n) is 14.7. The first-order valence-electron chi connectivity index (χ1n) is 8.42.